The summed E-state index contributed by atoms with van der Waals surface area (Å²) in [5, 5.41) is 4.61. The number of anilines is 3. The Kier molecular flexibility index (Phi) is 3.63. The van der Waals surface area contributed by atoms with Gasteiger partial charge < -0.3 is 9.47 Å². The number of hydrogen-bond donors (Lipinski definition) is 0. The molecule has 0 aliphatic carbocycles. The molecular weight excluding hydrogens is 432 g/mol. The molecule has 0 atom stereocenters. The van der Waals surface area contributed by atoms with Crippen LogP contribution >= 0.6 is 0 Å². The van der Waals surface area contributed by atoms with Crippen molar-refractivity contribution in [2.45, 2.75) is 0 Å². The summed E-state index contributed by atoms with van der Waals surface area (Å²) in [6, 6.07) is 35.4. The largest absolute Gasteiger partial charge is 0.453 e. The van der Waals surface area contributed by atoms with Gasteiger partial charge in [-0.05, 0) is 70.1 Å². The zero-order valence-corrected chi connectivity index (χ0v) is 18.6. The van der Waals surface area contributed by atoms with Crippen molar-refractivity contribution in [3.8, 4) is 34.3 Å². The summed E-state index contributed by atoms with van der Waals surface area (Å²) < 4.78 is 13.1. The molecule has 2 aliphatic rings. The van der Waals surface area contributed by atoms with E-state index in [9.17, 15) is 0 Å². The molecule has 3 heterocycles. The lowest BCUT2D eigenvalue weighted by Gasteiger charge is -2.38. The number of rotatable bonds is 1. The zero-order valence-electron chi connectivity index (χ0n) is 18.6. The van der Waals surface area contributed by atoms with Crippen LogP contribution in [0.5, 0.6) is 23.0 Å². The Hall–Kier alpha value is -4.83. The second-order valence-electron chi connectivity index (χ2n) is 8.91. The first-order chi connectivity index (χ1) is 17.3. The van der Waals surface area contributed by atoms with Crippen molar-refractivity contribution in [1.82, 2.24) is 4.98 Å². The van der Waals surface area contributed by atoms with Crippen molar-refractivity contribution in [3.63, 3.8) is 0 Å². The molecule has 4 heteroatoms. The summed E-state index contributed by atoms with van der Waals surface area (Å²) in [6.07, 6.45) is 1.80. The second kappa shape index (κ2) is 6.84. The molecule has 0 radical (unpaired) electrons. The normalized spacial score (nSPS) is 13.0. The Morgan fingerprint density at radius 3 is 1.54 bits per heavy atom. The second-order valence-corrected chi connectivity index (χ2v) is 8.91. The highest BCUT2D eigenvalue weighted by atomic mass is 16.5. The molecule has 4 nitrogen and oxygen atoms in total. The maximum Gasteiger partial charge on any atom is 0.156 e. The number of fused-ring (bicyclic) bond motifs is 6. The maximum atomic E-state index is 6.55. The van der Waals surface area contributed by atoms with Crippen LogP contribution in [0.25, 0.3) is 32.8 Å². The fraction of sp³-hybridized carbons (Fsp3) is 0. The fourth-order valence-electron chi connectivity index (χ4n) is 5.18. The van der Waals surface area contributed by atoms with Gasteiger partial charge in [-0.15, -0.1) is 0 Å². The summed E-state index contributed by atoms with van der Waals surface area (Å²) in [6.45, 7) is 0. The van der Waals surface area contributed by atoms with Crippen LogP contribution in [0, 0.1) is 0 Å². The van der Waals surface area contributed by atoms with Crippen molar-refractivity contribution < 1.29 is 9.47 Å². The van der Waals surface area contributed by atoms with E-state index in [2.05, 4.69) is 94.8 Å². The minimum atomic E-state index is 0.754. The van der Waals surface area contributed by atoms with E-state index in [1.54, 1.807) is 6.20 Å². The first-order valence-corrected chi connectivity index (χ1v) is 11.6. The Bertz CT molecular complexity index is 1700. The number of hydrogen-bond acceptors (Lipinski definition) is 4. The molecule has 1 aromatic heterocycles. The zero-order chi connectivity index (χ0) is 22.9. The average Bonchev–Trinajstić information content (AvgIpc) is 2.91. The summed E-state index contributed by atoms with van der Waals surface area (Å²) in [4.78, 5) is 6.84. The molecule has 0 N–H and O–H groups in total. The van der Waals surface area contributed by atoms with Gasteiger partial charge in [0.2, 0.25) is 0 Å². The monoisotopic (exact) mass is 450 g/mol. The molecule has 0 amide bonds. The van der Waals surface area contributed by atoms with Gasteiger partial charge in [-0.25, -0.2) is 0 Å². The van der Waals surface area contributed by atoms with E-state index in [4.69, 9.17) is 9.47 Å². The van der Waals surface area contributed by atoms with Gasteiger partial charge in [0.1, 0.15) is 5.69 Å². The third-order valence-electron chi connectivity index (χ3n) is 6.80. The first-order valence-electron chi connectivity index (χ1n) is 11.6. The van der Waals surface area contributed by atoms with Gasteiger partial charge >= 0.3 is 0 Å². The van der Waals surface area contributed by atoms with Crippen LogP contribution in [-0.2, 0) is 0 Å². The lowest BCUT2D eigenvalue weighted by molar-refractivity contribution is 0.447. The Morgan fingerprint density at radius 2 is 1.03 bits per heavy atom. The highest BCUT2D eigenvalue weighted by Gasteiger charge is 2.35. The number of pyridine rings is 1. The average molecular weight is 450 g/mol. The van der Waals surface area contributed by atoms with E-state index < -0.39 is 0 Å². The number of nitrogens with zero attached hydrogens (tertiary/aromatic N) is 2. The minimum absolute atomic E-state index is 0.754. The van der Waals surface area contributed by atoms with Crippen LogP contribution in [0.15, 0.2) is 109 Å². The highest BCUT2D eigenvalue weighted by molar-refractivity contribution is 6.02. The van der Waals surface area contributed by atoms with Gasteiger partial charge in [0.15, 0.2) is 23.0 Å². The molecule has 6 aromatic rings. The van der Waals surface area contributed by atoms with E-state index in [0.717, 1.165) is 62.1 Å². The molecule has 0 spiro atoms. The van der Waals surface area contributed by atoms with E-state index in [0.29, 0.717) is 0 Å². The van der Waals surface area contributed by atoms with Crippen molar-refractivity contribution in [1.29, 1.82) is 0 Å². The third kappa shape index (κ3) is 2.71. The topological polar surface area (TPSA) is 34.6 Å². The lowest BCUT2D eigenvalue weighted by atomic mass is 10.0. The van der Waals surface area contributed by atoms with E-state index in [1.807, 2.05) is 18.2 Å². The van der Waals surface area contributed by atoms with Crippen LogP contribution in [-0.4, -0.2) is 4.98 Å². The predicted molar refractivity (Wildman–Crippen MR) is 140 cm³/mol. The van der Waals surface area contributed by atoms with Crippen molar-refractivity contribution >= 4 is 38.6 Å². The SMILES string of the molecule is c1ccc(-c2cc3c4c(c2)Oc2cc5ccccc5cc2N4c2cc4ccccc4cc2O3)nc1. The summed E-state index contributed by atoms with van der Waals surface area (Å²) in [7, 11) is 0. The Balaban J connectivity index is 1.44. The molecule has 8 rings (SSSR count). The predicted octanol–water partition coefficient (Wildman–Crippen LogP) is 8.74. The smallest absolute Gasteiger partial charge is 0.156 e. The van der Waals surface area contributed by atoms with Gasteiger partial charge in [0.05, 0.1) is 17.1 Å². The van der Waals surface area contributed by atoms with Gasteiger partial charge in [-0.1, -0.05) is 54.6 Å². The van der Waals surface area contributed by atoms with Gasteiger partial charge in [0, 0.05) is 11.8 Å². The number of aromatic nitrogens is 1. The Morgan fingerprint density at radius 1 is 0.514 bits per heavy atom. The first kappa shape index (κ1) is 18.6. The molecule has 164 valence electrons. The summed E-state index contributed by atoms with van der Waals surface area (Å²) in [5.74, 6) is 3.15. The fourth-order valence-corrected chi connectivity index (χ4v) is 5.18. The summed E-state index contributed by atoms with van der Waals surface area (Å²) in [5.41, 5.74) is 4.74. The molecule has 0 fully saturated rings. The van der Waals surface area contributed by atoms with Crippen molar-refractivity contribution in [2.75, 3.05) is 4.90 Å². The summed E-state index contributed by atoms with van der Waals surface area (Å²) >= 11 is 0. The van der Waals surface area contributed by atoms with Gasteiger partial charge in [-0.3, -0.25) is 9.88 Å². The minimum Gasteiger partial charge on any atom is -0.453 e. The molecule has 0 unspecified atom stereocenters. The van der Waals surface area contributed by atoms with Gasteiger partial charge in [-0.2, -0.15) is 0 Å². The number of benzene rings is 5. The van der Waals surface area contributed by atoms with Crippen LogP contribution in [0.2, 0.25) is 0 Å². The van der Waals surface area contributed by atoms with Crippen LogP contribution in [0.4, 0.5) is 17.1 Å². The maximum absolute atomic E-state index is 6.55. The number of ether oxygens (including phenoxy) is 2. The van der Waals surface area contributed by atoms with Crippen LogP contribution in [0.1, 0.15) is 0 Å². The standard InChI is InChI=1S/C31H18N2O2/c1-3-9-21-15-27-25(13-19(21)7-1)33-26-14-20-8-2-4-10-22(20)16-28(26)35-30-18-23(17-29(34-27)31(30)33)24-11-5-6-12-32-24/h1-18H. The highest BCUT2D eigenvalue weighted by Crippen LogP contribution is 2.61. The molecule has 35 heavy (non-hydrogen) atoms. The van der Waals surface area contributed by atoms with Crippen molar-refractivity contribution in [3.05, 3.63) is 109 Å². The van der Waals surface area contributed by atoms with Gasteiger partial charge in [0.25, 0.3) is 0 Å². The van der Waals surface area contributed by atoms with E-state index >= 15 is 0 Å². The quantitative estimate of drug-likeness (QED) is 0.250. The molecule has 0 bridgehead atoms. The third-order valence-corrected chi connectivity index (χ3v) is 6.80. The lowest BCUT2D eigenvalue weighted by Crippen LogP contribution is -2.20. The van der Waals surface area contributed by atoms with Crippen LogP contribution < -0.4 is 14.4 Å². The molecule has 2 aliphatic heterocycles. The van der Waals surface area contributed by atoms with E-state index in [-0.39, 0.29) is 0 Å². The molecule has 0 saturated heterocycles. The molecule has 5 aromatic carbocycles. The molecule has 0 saturated carbocycles. The Labute approximate surface area is 201 Å². The van der Waals surface area contributed by atoms with Crippen LogP contribution in [0.3, 0.4) is 0 Å². The van der Waals surface area contributed by atoms with E-state index in [1.165, 1.54) is 10.8 Å². The molecular formula is C31H18N2O2. The van der Waals surface area contributed by atoms with Crippen molar-refractivity contribution in [2.24, 2.45) is 0 Å².